The largest absolute Gasteiger partial charge is 0.486 e. The van der Waals surface area contributed by atoms with Gasteiger partial charge in [0.2, 0.25) is 10.0 Å². The fourth-order valence-electron chi connectivity index (χ4n) is 3.37. The predicted molar refractivity (Wildman–Crippen MR) is 94.8 cm³/mol. The first-order valence-electron chi connectivity index (χ1n) is 8.23. The lowest BCUT2D eigenvalue weighted by atomic mass is 10.1. The summed E-state index contributed by atoms with van der Waals surface area (Å²) in [5, 5.41) is 0.642. The van der Waals surface area contributed by atoms with Crippen LogP contribution in [0, 0.1) is 0 Å². The van der Waals surface area contributed by atoms with Gasteiger partial charge in [-0.3, -0.25) is 0 Å². The van der Waals surface area contributed by atoms with Crippen molar-refractivity contribution in [2.45, 2.75) is 23.8 Å². The monoisotopic (exact) mass is 379 g/mol. The SMILES string of the molecule is O=S(=O)(c1ccc2c(c1)OCCO2)N1CCC[C@H]1c1ccc(Cl)cc1. The maximum atomic E-state index is 13.2. The fraction of sp³-hybridized carbons (Fsp3) is 0.333. The Balaban J connectivity index is 1.68. The Morgan fingerprint density at radius 2 is 1.72 bits per heavy atom. The van der Waals surface area contributed by atoms with Crippen molar-refractivity contribution in [1.82, 2.24) is 4.31 Å². The van der Waals surface area contributed by atoms with E-state index in [0.717, 1.165) is 18.4 Å². The number of ether oxygens (including phenoxy) is 2. The number of fused-ring (bicyclic) bond motifs is 1. The lowest BCUT2D eigenvalue weighted by Gasteiger charge is -2.25. The predicted octanol–water partition coefficient (Wildman–Crippen LogP) is 3.64. The fourth-order valence-corrected chi connectivity index (χ4v) is 5.19. The number of rotatable bonds is 3. The Morgan fingerprint density at radius 3 is 2.48 bits per heavy atom. The molecule has 0 spiro atoms. The van der Waals surface area contributed by atoms with E-state index in [4.69, 9.17) is 21.1 Å². The molecule has 0 aliphatic carbocycles. The summed E-state index contributed by atoms with van der Waals surface area (Å²) in [6, 6.07) is 12.0. The van der Waals surface area contributed by atoms with E-state index in [1.54, 1.807) is 34.6 Å². The van der Waals surface area contributed by atoms with Crippen molar-refractivity contribution in [1.29, 1.82) is 0 Å². The second-order valence-corrected chi connectivity index (χ2v) is 8.46. The first kappa shape index (κ1) is 16.7. The number of hydrogen-bond acceptors (Lipinski definition) is 4. The summed E-state index contributed by atoms with van der Waals surface area (Å²) >= 11 is 5.95. The molecule has 25 heavy (non-hydrogen) atoms. The van der Waals surface area contributed by atoms with Crippen LogP contribution in [0.5, 0.6) is 11.5 Å². The lowest BCUT2D eigenvalue weighted by molar-refractivity contribution is 0.171. The standard InChI is InChI=1S/C18H18ClNO4S/c19-14-5-3-13(4-6-14)16-2-1-9-20(16)25(21,22)15-7-8-17-18(12-15)24-11-10-23-17/h3-8,12,16H,1-2,9-11H2/t16-/m0/s1. The molecular formula is C18H18ClNO4S. The summed E-state index contributed by atoms with van der Waals surface area (Å²) in [5.41, 5.74) is 0.961. The Hall–Kier alpha value is -1.76. The minimum absolute atomic E-state index is 0.171. The van der Waals surface area contributed by atoms with Gasteiger partial charge < -0.3 is 9.47 Å². The summed E-state index contributed by atoms with van der Waals surface area (Å²) in [5.74, 6) is 1.07. The molecule has 2 aliphatic heterocycles. The minimum Gasteiger partial charge on any atom is -0.486 e. The third-order valence-electron chi connectivity index (χ3n) is 4.58. The van der Waals surface area contributed by atoms with Crippen LogP contribution in [0.25, 0.3) is 0 Å². The molecule has 0 N–H and O–H groups in total. The molecule has 0 radical (unpaired) electrons. The summed E-state index contributed by atoms with van der Waals surface area (Å²) in [4.78, 5) is 0.234. The molecule has 4 rings (SSSR count). The normalized spacial score (nSPS) is 20.6. The van der Waals surface area contributed by atoms with Gasteiger partial charge in [0.25, 0.3) is 0 Å². The lowest BCUT2D eigenvalue weighted by Crippen LogP contribution is -2.30. The maximum Gasteiger partial charge on any atom is 0.243 e. The van der Waals surface area contributed by atoms with Crippen LogP contribution >= 0.6 is 11.6 Å². The minimum atomic E-state index is -3.61. The van der Waals surface area contributed by atoms with E-state index < -0.39 is 10.0 Å². The second-order valence-electron chi connectivity index (χ2n) is 6.13. The van der Waals surface area contributed by atoms with Crippen molar-refractivity contribution >= 4 is 21.6 Å². The number of benzene rings is 2. The van der Waals surface area contributed by atoms with Gasteiger partial charge in [-0.25, -0.2) is 8.42 Å². The number of sulfonamides is 1. The van der Waals surface area contributed by atoms with Crippen molar-refractivity contribution in [2.24, 2.45) is 0 Å². The zero-order chi connectivity index (χ0) is 17.4. The van der Waals surface area contributed by atoms with Crippen LogP contribution in [0.15, 0.2) is 47.4 Å². The highest BCUT2D eigenvalue weighted by Crippen LogP contribution is 2.39. The van der Waals surface area contributed by atoms with Gasteiger partial charge in [-0.2, -0.15) is 4.31 Å². The van der Waals surface area contributed by atoms with Crippen LogP contribution in [-0.2, 0) is 10.0 Å². The van der Waals surface area contributed by atoms with E-state index in [1.807, 2.05) is 12.1 Å². The van der Waals surface area contributed by atoms with Gasteiger partial charge in [0.1, 0.15) is 13.2 Å². The molecule has 7 heteroatoms. The van der Waals surface area contributed by atoms with E-state index >= 15 is 0 Å². The number of halogens is 1. The molecular weight excluding hydrogens is 362 g/mol. The van der Waals surface area contributed by atoms with E-state index in [9.17, 15) is 8.42 Å². The van der Waals surface area contributed by atoms with Crippen LogP contribution in [0.1, 0.15) is 24.4 Å². The number of hydrogen-bond donors (Lipinski definition) is 0. The van der Waals surface area contributed by atoms with Gasteiger partial charge in [-0.05, 0) is 42.7 Å². The van der Waals surface area contributed by atoms with Gasteiger partial charge in [-0.1, -0.05) is 23.7 Å². The molecule has 0 saturated carbocycles. The van der Waals surface area contributed by atoms with Gasteiger partial charge in [0, 0.05) is 17.6 Å². The summed E-state index contributed by atoms with van der Waals surface area (Å²) < 4.78 is 38.9. The van der Waals surface area contributed by atoms with Gasteiger partial charge in [0.15, 0.2) is 11.5 Å². The van der Waals surface area contributed by atoms with Crippen LogP contribution in [-0.4, -0.2) is 32.5 Å². The molecule has 2 aromatic carbocycles. The molecule has 0 amide bonds. The topological polar surface area (TPSA) is 55.8 Å². The Labute approximate surface area is 152 Å². The zero-order valence-electron chi connectivity index (χ0n) is 13.5. The van der Waals surface area contributed by atoms with Gasteiger partial charge in [-0.15, -0.1) is 0 Å². The molecule has 1 fully saturated rings. The highest BCUT2D eigenvalue weighted by atomic mass is 35.5. The molecule has 0 bridgehead atoms. The van der Waals surface area contributed by atoms with Gasteiger partial charge in [0.05, 0.1) is 10.9 Å². The Kier molecular flexibility index (Phi) is 4.35. The summed E-state index contributed by atoms with van der Waals surface area (Å²) in [6.07, 6.45) is 1.63. The average molecular weight is 380 g/mol. The van der Waals surface area contributed by atoms with E-state index in [0.29, 0.717) is 36.3 Å². The number of nitrogens with zero attached hydrogens (tertiary/aromatic N) is 1. The van der Waals surface area contributed by atoms with E-state index in [-0.39, 0.29) is 10.9 Å². The molecule has 2 aliphatic rings. The smallest absolute Gasteiger partial charge is 0.243 e. The van der Waals surface area contributed by atoms with Crippen LogP contribution < -0.4 is 9.47 Å². The highest BCUT2D eigenvalue weighted by Gasteiger charge is 2.36. The second kappa shape index (κ2) is 6.52. The van der Waals surface area contributed by atoms with Crippen LogP contribution in [0.4, 0.5) is 0 Å². The molecule has 2 heterocycles. The maximum absolute atomic E-state index is 13.2. The zero-order valence-corrected chi connectivity index (χ0v) is 15.1. The highest BCUT2D eigenvalue weighted by molar-refractivity contribution is 7.89. The Bertz CT molecular complexity index is 882. The van der Waals surface area contributed by atoms with Crippen molar-refractivity contribution in [3.05, 3.63) is 53.1 Å². The van der Waals surface area contributed by atoms with Crippen molar-refractivity contribution in [2.75, 3.05) is 19.8 Å². The molecule has 132 valence electrons. The quantitative estimate of drug-likeness (QED) is 0.817. The summed E-state index contributed by atoms with van der Waals surface area (Å²) in [7, 11) is -3.61. The van der Waals surface area contributed by atoms with E-state index in [1.165, 1.54) is 0 Å². The van der Waals surface area contributed by atoms with Crippen molar-refractivity contribution in [3.63, 3.8) is 0 Å². The van der Waals surface area contributed by atoms with E-state index in [2.05, 4.69) is 0 Å². The van der Waals surface area contributed by atoms with Crippen LogP contribution in [0.3, 0.4) is 0 Å². The molecule has 2 aromatic rings. The first-order valence-corrected chi connectivity index (χ1v) is 10.0. The molecule has 1 saturated heterocycles. The van der Waals surface area contributed by atoms with Crippen molar-refractivity contribution in [3.8, 4) is 11.5 Å². The first-order chi connectivity index (χ1) is 12.1. The summed E-state index contributed by atoms with van der Waals surface area (Å²) in [6.45, 7) is 1.40. The molecule has 0 aromatic heterocycles. The van der Waals surface area contributed by atoms with Crippen LogP contribution in [0.2, 0.25) is 5.02 Å². The molecule has 0 unspecified atom stereocenters. The third-order valence-corrected chi connectivity index (χ3v) is 6.73. The average Bonchev–Trinajstić information content (AvgIpc) is 3.12. The van der Waals surface area contributed by atoms with Crippen molar-refractivity contribution < 1.29 is 17.9 Å². The third kappa shape index (κ3) is 3.10. The Morgan fingerprint density at radius 1 is 1.00 bits per heavy atom. The molecule has 5 nitrogen and oxygen atoms in total. The molecule has 1 atom stereocenters. The van der Waals surface area contributed by atoms with Gasteiger partial charge >= 0.3 is 0 Å².